The van der Waals surface area contributed by atoms with Crippen LogP contribution < -0.4 is 10.6 Å². The van der Waals surface area contributed by atoms with Gasteiger partial charge < -0.3 is 15.5 Å². The molecule has 30 heavy (non-hydrogen) atoms. The smallest absolute Gasteiger partial charge is 0.251 e. The Labute approximate surface area is 178 Å². The highest BCUT2D eigenvalue weighted by atomic mass is 16.2. The third kappa shape index (κ3) is 5.39. The molecule has 1 heterocycles. The van der Waals surface area contributed by atoms with E-state index < -0.39 is 0 Å². The molecule has 2 fully saturated rings. The molecule has 0 radical (unpaired) electrons. The van der Waals surface area contributed by atoms with Crippen LogP contribution in [0.4, 0.5) is 5.69 Å². The standard InChI is InChI=1S/C24H30N4O2/c1-18(25-22-9-5-8-20(16-22)23(29)26-21-10-11-21)24(30)28-14-12-27(13-15-28)17-19-6-3-2-4-7-19/h2-9,16,18,21,25H,10-15,17H2,1H3,(H,26,29). The second-order valence-corrected chi connectivity index (χ2v) is 8.28. The third-order valence-corrected chi connectivity index (χ3v) is 5.72. The van der Waals surface area contributed by atoms with Gasteiger partial charge in [-0.3, -0.25) is 14.5 Å². The van der Waals surface area contributed by atoms with Crippen molar-refractivity contribution in [3.05, 3.63) is 65.7 Å². The second kappa shape index (κ2) is 9.30. The number of benzene rings is 2. The van der Waals surface area contributed by atoms with Gasteiger partial charge in [-0.1, -0.05) is 36.4 Å². The first kappa shape index (κ1) is 20.4. The number of piperazine rings is 1. The fourth-order valence-electron chi connectivity index (χ4n) is 3.80. The van der Waals surface area contributed by atoms with Crippen LogP contribution in [0.1, 0.15) is 35.7 Å². The molecule has 158 valence electrons. The molecule has 2 aromatic carbocycles. The highest BCUT2D eigenvalue weighted by molar-refractivity contribution is 5.95. The van der Waals surface area contributed by atoms with Gasteiger partial charge in [0.05, 0.1) is 0 Å². The molecule has 1 aliphatic heterocycles. The summed E-state index contributed by atoms with van der Waals surface area (Å²) in [5.41, 5.74) is 2.72. The predicted molar refractivity (Wildman–Crippen MR) is 118 cm³/mol. The zero-order valence-electron chi connectivity index (χ0n) is 17.5. The van der Waals surface area contributed by atoms with Crippen molar-refractivity contribution in [1.29, 1.82) is 0 Å². The average Bonchev–Trinajstić information content (AvgIpc) is 3.59. The minimum absolute atomic E-state index is 0.0466. The van der Waals surface area contributed by atoms with Crippen molar-refractivity contribution in [1.82, 2.24) is 15.1 Å². The van der Waals surface area contributed by atoms with Crippen molar-refractivity contribution in [2.24, 2.45) is 0 Å². The molecule has 1 unspecified atom stereocenters. The van der Waals surface area contributed by atoms with Crippen molar-refractivity contribution < 1.29 is 9.59 Å². The van der Waals surface area contributed by atoms with E-state index in [1.165, 1.54) is 5.56 Å². The molecular weight excluding hydrogens is 376 g/mol. The summed E-state index contributed by atoms with van der Waals surface area (Å²) >= 11 is 0. The Balaban J connectivity index is 1.27. The van der Waals surface area contributed by atoms with Gasteiger partial charge in [0.1, 0.15) is 6.04 Å². The van der Waals surface area contributed by atoms with E-state index in [9.17, 15) is 9.59 Å². The molecule has 2 amide bonds. The molecule has 0 bridgehead atoms. The van der Waals surface area contributed by atoms with Crippen LogP contribution in [-0.4, -0.2) is 59.9 Å². The Morgan fingerprint density at radius 1 is 1.00 bits per heavy atom. The van der Waals surface area contributed by atoms with E-state index in [0.717, 1.165) is 51.3 Å². The van der Waals surface area contributed by atoms with Crippen LogP contribution >= 0.6 is 0 Å². The SMILES string of the molecule is CC(Nc1cccc(C(=O)NC2CC2)c1)C(=O)N1CCN(Cc2ccccc2)CC1. The topological polar surface area (TPSA) is 64.7 Å². The van der Waals surface area contributed by atoms with Gasteiger partial charge in [0, 0.05) is 50.0 Å². The summed E-state index contributed by atoms with van der Waals surface area (Å²) in [6.07, 6.45) is 2.13. The van der Waals surface area contributed by atoms with Gasteiger partial charge in [0.2, 0.25) is 5.91 Å². The molecule has 0 aromatic heterocycles. The van der Waals surface area contributed by atoms with Gasteiger partial charge in [0.15, 0.2) is 0 Å². The van der Waals surface area contributed by atoms with E-state index in [-0.39, 0.29) is 17.9 Å². The van der Waals surface area contributed by atoms with Gasteiger partial charge in [-0.15, -0.1) is 0 Å². The zero-order valence-corrected chi connectivity index (χ0v) is 17.5. The Bertz CT molecular complexity index is 874. The summed E-state index contributed by atoms with van der Waals surface area (Å²) < 4.78 is 0. The lowest BCUT2D eigenvalue weighted by Gasteiger charge is -2.36. The Morgan fingerprint density at radius 3 is 2.43 bits per heavy atom. The number of rotatable bonds is 7. The minimum Gasteiger partial charge on any atom is -0.374 e. The first-order valence-electron chi connectivity index (χ1n) is 10.8. The fraction of sp³-hybridized carbons (Fsp3) is 0.417. The normalized spacial score (nSPS) is 18.0. The lowest BCUT2D eigenvalue weighted by molar-refractivity contribution is -0.133. The minimum atomic E-state index is -0.340. The number of hydrogen-bond acceptors (Lipinski definition) is 4. The van der Waals surface area contributed by atoms with Crippen LogP contribution in [-0.2, 0) is 11.3 Å². The molecular formula is C24H30N4O2. The quantitative estimate of drug-likeness (QED) is 0.742. The van der Waals surface area contributed by atoms with Crippen molar-refractivity contribution in [2.75, 3.05) is 31.5 Å². The molecule has 6 heteroatoms. The summed E-state index contributed by atoms with van der Waals surface area (Å²) in [5.74, 6) is 0.0527. The van der Waals surface area contributed by atoms with Crippen molar-refractivity contribution in [2.45, 2.75) is 38.4 Å². The van der Waals surface area contributed by atoms with Crippen LogP contribution in [0, 0.1) is 0 Å². The Kier molecular flexibility index (Phi) is 6.33. The first-order chi connectivity index (χ1) is 14.6. The van der Waals surface area contributed by atoms with Crippen molar-refractivity contribution in [3.8, 4) is 0 Å². The first-order valence-corrected chi connectivity index (χ1v) is 10.8. The van der Waals surface area contributed by atoms with E-state index in [1.54, 1.807) is 6.07 Å². The number of carbonyl (C=O) groups is 2. The van der Waals surface area contributed by atoms with Gasteiger partial charge in [-0.05, 0) is 43.5 Å². The Hall–Kier alpha value is -2.86. The lowest BCUT2D eigenvalue weighted by Crippen LogP contribution is -2.51. The highest BCUT2D eigenvalue weighted by Gasteiger charge is 2.26. The number of amides is 2. The molecule has 1 aliphatic carbocycles. The largest absolute Gasteiger partial charge is 0.374 e. The number of carbonyl (C=O) groups excluding carboxylic acids is 2. The second-order valence-electron chi connectivity index (χ2n) is 8.28. The predicted octanol–water partition coefficient (Wildman–Crippen LogP) is 2.72. The van der Waals surface area contributed by atoms with E-state index in [2.05, 4.69) is 39.8 Å². The molecule has 1 atom stereocenters. The fourth-order valence-corrected chi connectivity index (χ4v) is 3.80. The number of anilines is 1. The maximum absolute atomic E-state index is 12.9. The summed E-state index contributed by atoms with van der Waals surface area (Å²) in [4.78, 5) is 29.5. The average molecular weight is 407 g/mol. The van der Waals surface area contributed by atoms with Gasteiger partial charge in [-0.25, -0.2) is 0 Å². The van der Waals surface area contributed by atoms with E-state index in [4.69, 9.17) is 0 Å². The monoisotopic (exact) mass is 406 g/mol. The van der Waals surface area contributed by atoms with Crippen LogP contribution in [0.3, 0.4) is 0 Å². The highest BCUT2D eigenvalue weighted by Crippen LogP contribution is 2.20. The zero-order chi connectivity index (χ0) is 20.9. The van der Waals surface area contributed by atoms with Gasteiger partial charge in [-0.2, -0.15) is 0 Å². The van der Waals surface area contributed by atoms with E-state index in [1.807, 2.05) is 36.1 Å². The van der Waals surface area contributed by atoms with Crippen LogP contribution in [0.15, 0.2) is 54.6 Å². The molecule has 2 N–H and O–H groups in total. The van der Waals surface area contributed by atoms with Crippen LogP contribution in [0.25, 0.3) is 0 Å². The van der Waals surface area contributed by atoms with Crippen molar-refractivity contribution >= 4 is 17.5 Å². The Morgan fingerprint density at radius 2 is 1.73 bits per heavy atom. The molecule has 0 spiro atoms. The van der Waals surface area contributed by atoms with Gasteiger partial charge >= 0.3 is 0 Å². The summed E-state index contributed by atoms with van der Waals surface area (Å²) in [7, 11) is 0. The molecule has 1 saturated carbocycles. The number of nitrogens with zero attached hydrogens (tertiary/aromatic N) is 2. The summed E-state index contributed by atoms with van der Waals surface area (Å²) in [5, 5.41) is 6.27. The van der Waals surface area contributed by atoms with Crippen molar-refractivity contribution in [3.63, 3.8) is 0 Å². The van der Waals surface area contributed by atoms with Crippen LogP contribution in [0.5, 0.6) is 0 Å². The molecule has 4 rings (SSSR count). The van der Waals surface area contributed by atoms with Crippen LogP contribution in [0.2, 0.25) is 0 Å². The summed E-state index contributed by atoms with van der Waals surface area (Å²) in [6.45, 7) is 6.04. The number of hydrogen-bond donors (Lipinski definition) is 2. The molecule has 2 aromatic rings. The number of nitrogens with one attached hydrogen (secondary N) is 2. The molecule has 6 nitrogen and oxygen atoms in total. The van der Waals surface area contributed by atoms with Gasteiger partial charge in [0.25, 0.3) is 5.91 Å². The van der Waals surface area contributed by atoms with E-state index >= 15 is 0 Å². The summed E-state index contributed by atoms with van der Waals surface area (Å²) in [6, 6.07) is 17.8. The molecule has 1 saturated heterocycles. The third-order valence-electron chi connectivity index (χ3n) is 5.72. The molecule has 2 aliphatic rings. The lowest BCUT2D eigenvalue weighted by atomic mass is 10.1. The maximum atomic E-state index is 12.9. The van der Waals surface area contributed by atoms with E-state index in [0.29, 0.717) is 11.6 Å². The maximum Gasteiger partial charge on any atom is 0.251 e.